The summed E-state index contributed by atoms with van der Waals surface area (Å²) < 4.78 is 0. The highest BCUT2D eigenvalue weighted by atomic mass is 16.1. The first-order valence-electron chi connectivity index (χ1n) is 10.9. The summed E-state index contributed by atoms with van der Waals surface area (Å²) in [4.78, 5) is 22.0. The minimum atomic E-state index is -0.602. The highest BCUT2D eigenvalue weighted by molar-refractivity contribution is 5.99. The van der Waals surface area contributed by atoms with Gasteiger partial charge in [-0.1, -0.05) is 103 Å². The summed E-state index contributed by atoms with van der Waals surface area (Å²) in [6.07, 6.45) is 22.7. The molecule has 0 aliphatic heterocycles. The maximum atomic E-state index is 11.2. The zero-order chi connectivity index (χ0) is 19.5. The molecular weight excluding hydrogens is 324 g/mol. The monoisotopic (exact) mass is 366 g/mol. The maximum Gasteiger partial charge on any atom is 0.244 e. The number of hydrogen-bond acceptors (Lipinski definition) is 2. The molecule has 0 radical (unpaired) electrons. The first-order valence-corrected chi connectivity index (χ1v) is 10.9. The fourth-order valence-corrected chi connectivity index (χ4v) is 3.30. The van der Waals surface area contributed by atoms with E-state index in [1.165, 1.54) is 89.9 Å². The molecule has 0 bridgehead atoms. The van der Waals surface area contributed by atoms with Gasteiger partial charge < -0.3 is 11.5 Å². The van der Waals surface area contributed by atoms with E-state index in [0.717, 1.165) is 18.9 Å². The van der Waals surface area contributed by atoms with E-state index in [0.29, 0.717) is 12.0 Å². The number of unbranched alkanes of at least 4 members (excludes halogenated alkanes) is 15. The number of amides is 2. The molecule has 0 saturated heterocycles. The van der Waals surface area contributed by atoms with Crippen LogP contribution in [0, 0.1) is 0 Å². The molecule has 0 aliphatic carbocycles. The van der Waals surface area contributed by atoms with Crippen molar-refractivity contribution in [3.63, 3.8) is 0 Å². The van der Waals surface area contributed by atoms with Crippen molar-refractivity contribution in [1.82, 2.24) is 0 Å². The molecule has 0 spiro atoms. The quantitative estimate of drug-likeness (QED) is 0.232. The predicted molar refractivity (Wildman–Crippen MR) is 111 cm³/mol. The summed E-state index contributed by atoms with van der Waals surface area (Å²) in [5, 5.41) is 0. The SMILES string of the molecule is CCCCCCCCCCCCCCCCCC/C(=C/C(N)=O)C(N)=O. The van der Waals surface area contributed by atoms with Crippen LogP contribution in [0.2, 0.25) is 0 Å². The van der Waals surface area contributed by atoms with Crippen molar-refractivity contribution >= 4 is 11.8 Å². The van der Waals surface area contributed by atoms with Gasteiger partial charge in [-0.15, -0.1) is 0 Å². The molecule has 0 unspecified atom stereocenters. The van der Waals surface area contributed by atoms with E-state index in [-0.39, 0.29) is 0 Å². The van der Waals surface area contributed by atoms with E-state index in [2.05, 4.69) is 6.92 Å². The first-order chi connectivity index (χ1) is 12.6. The van der Waals surface area contributed by atoms with E-state index >= 15 is 0 Å². The number of carbonyl (C=O) groups excluding carboxylic acids is 2. The highest BCUT2D eigenvalue weighted by Gasteiger charge is 2.06. The van der Waals surface area contributed by atoms with Gasteiger partial charge in [0.1, 0.15) is 0 Å². The molecule has 0 fully saturated rings. The lowest BCUT2D eigenvalue weighted by Crippen LogP contribution is -2.17. The van der Waals surface area contributed by atoms with Crippen LogP contribution < -0.4 is 11.5 Å². The molecule has 4 N–H and O–H groups in total. The van der Waals surface area contributed by atoms with Gasteiger partial charge in [0.15, 0.2) is 0 Å². The third kappa shape index (κ3) is 17.5. The van der Waals surface area contributed by atoms with Gasteiger partial charge in [0.2, 0.25) is 11.8 Å². The molecule has 0 aliphatic rings. The van der Waals surface area contributed by atoms with Gasteiger partial charge in [-0.3, -0.25) is 9.59 Å². The second-order valence-electron chi connectivity index (χ2n) is 7.49. The largest absolute Gasteiger partial charge is 0.366 e. The van der Waals surface area contributed by atoms with Crippen LogP contribution >= 0.6 is 0 Å². The summed E-state index contributed by atoms with van der Waals surface area (Å²) >= 11 is 0. The Hall–Kier alpha value is -1.32. The van der Waals surface area contributed by atoms with E-state index in [9.17, 15) is 9.59 Å². The Morgan fingerprint density at radius 3 is 1.27 bits per heavy atom. The Morgan fingerprint density at radius 2 is 0.962 bits per heavy atom. The molecule has 2 amide bonds. The molecule has 152 valence electrons. The number of carbonyl (C=O) groups is 2. The molecular formula is C22H42N2O2. The molecule has 0 rings (SSSR count). The molecule has 0 heterocycles. The number of hydrogen-bond donors (Lipinski definition) is 2. The smallest absolute Gasteiger partial charge is 0.244 e. The Labute approximate surface area is 161 Å². The fraction of sp³-hybridized carbons (Fsp3) is 0.818. The highest BCUT2D eigenvalue weighted by Crippen LogP contribution is 2.15. The van der Waals surface area contributed by atoms with Crippen molar-refractivity contribution < 1.29 is 9.59 Å². The third-order valence-corrected chi connectivity index (χ3v) is 4.93. The summed E-state index contributed by atoms with van der Waals surface area (Å²) in [5.74, 6) is -1.14. The van der Waals surface area contributed by atoms with E-state index in [4.69, 9.17) is 11.5 Å². The van der Waals surface area contributed by atoms with Crippen LogP contribution in [0.15, 0.2) is 11.6 Å². The van der Waals surface area contributed by atoms with Gasteiger partial charge in [-0.05, 0) is 12.8 Å². The number of rotatable bonds is 19. The van der Waals surface area contributed by atoms with Crippen LogP contribution in [0.5, 0.6) is 0 Å². The standard InChI is InChI=1S/C22H42N2O2/c1-2-3-4-5-6-7-8-9-10-11-12-13-14-15-16-17-18-20(22(24)26)19-21(23)25/h19H,2-18H2,1H3,(H2,23,25)(H2,24,26)/b20-19-. The average Bonchev–Trinajstić information content (AvgIpc) is 2.59. The van der Waals surface area contributed by atoms with Crippen LogP contribution in [0.4, 0.5) is 0 Å². The van der Waals surface area contributed by atoms with Gasteiger partial charge >= 0.3 is 0 Å². The van der Waals surface area contributed by atoms with Gasteiger partial charge in [0.25, 0.3) is 0 Å². The third-order valence-electron chi connectivity index (χ3n) is 4.93. The van der Waals surface area contributed by atoms with Crippen molar-refractivity contribution in [2.24, 2.45) is 11.5 Å². The summed E-state index contributed by atoms with van der Waals surface area (Å²) in [7, 11) is 0. The zero-order valence-corrected chi connectivity index (χ0v) is 17.1. The summed E-state index contributed by atoms with van der Waals surface area (Å²) in [6.45, 7) is 2.27. The lowest BCUT2D eigenvalue weighted by atomic mass is 10.0. The number of nitrogens with two attached hydrogens (primary N) is 2. The van der Waals surface area contributed by atoms with E-state index in [1.54, 1.807) is 0 Å². The Kier molecular flexibility index (Phi) is 17.5. The van der Waals surface area contributed by atoms with Crippen LogP contribution in [0.1, 0.15) is 116 Å². The molecule has 26 heavy (non-hydrogen) atoms. The predicted octanol–water partition coefficient (Wildman–Crippen LogP) is 5.54. The Balaban J connectivity index is 3.31. The van der Waals surface area contributed by atoms with Crippen molar-refractivity contribution in [1.29, 1.82) is 0 Å². The van der Waals surface area contributed by atoms with E-state index in [1.807, 2.05) is 0 Å². The van der Waals surface area contributed by atoms with Gasteiger partial charge in [0.05, 0.1) is 0 Å². The first kappa shape index (κ1) is 24.7. The van der Waals surface area contributed by atoms with Crippen LogP contribution in [-0.4, -0.2) is 11.8 Å². The van der Waals surface area contributed by atoms with Gasteiger partial charge in [0, 0.05) is 11.6 Å². The number of primary amides is 2. The van der Waals surface area contributed by atoms with Gasteiger partial charge in [-0.25, -0.2) is 0 Å². The maximum absolute atomic E-state index is 11.2. The Morgan fingerprint density at radius 1 is 0.615 bits per heavy atom. The minimum absolute atomic E-state index is 0.350. The van der Waals surface area contributed by atoms with Gasteiger partial charge in [-0.2, -0.15) is 0 Å². The summed E-state index contributed by atoms with van der Waals surface area (Å²) in [6, 6.07) is 0. The molecule has 0 saturated carbocycles. The topological polar surface area (TPSA) is 86.2 Å². The second-order valence-corrected chi connectivity index (χ2v) is 7.49. The fourth-order valence-electron chi connectivity index (χ4n) is 3.30. The average molecular weight is 367 g/mol. The van der Waals surface area contributed by atoms with Crippen LogP contribution in [0.3, 0.4) is 0 Å². The molecule has 4 nitrogen and oxygen atoms in total. The molecule has 4 heteroatoms. The molecule has 0 aromatic heterocycles. The van der Waals surface area contributed by atoms with Crippen molar-refractivity contribution in [3.05, 3.63) is 11.6 Å². The minimum Gasteiger partial charge on any atom is -0.366 e. The second kappa shape index (κ2) is 18.5. The van der Waals surface area contributed by atoms with E-state index < -0.39 is 11.8 Å². The lowest BCUT2D eigenvalue weighted by molar-refractivity contribution is -0.116. The zero-order valence-electron chi connectivity index (χ0n) is 17.1. The Bertz CT molecular complexity index is 392. The van der Waals surface area contributed by atoms with Crippen molar-refractivity contribution in [2.45, 2.75) is 116 Å². The summed E-state index contributed by atoms with van der Waals surface area (Å²) in [5.41, 5.74) is 10.7. The normalized spacial score (nSPS) is 11.7. The van der Waals surface area contributed by atoms with Crippen molar-refractivity contribution in [3.8, 4) is 0 Å². The lowest BCUT2D eigenvalue weighted by Gasteiger charge is -2.04. The molecule has 0 aromatic rings. The van der Waals surface area contributed by atoms with Crippen LogP contribution in [-0.2, 0) is 9.59 Å². The van der Waals surface area contributed by atoms with Crippen LogP contribution in [0.25, 0.3) is 0 Å². The van der Waals surface area contributed by atoms with Crippen molar-refractivity contribution in [2.75, 3.05) is 0 Å². The molecule has 0 atom stereocenters. The molecule has 0 aromatic carbocycles.